The van der Waals surface area contributed by atoms with E-state index in [2.05, 4.69) is 47.9 Å². The molecule has 0 radical (unpaired) electrons. The van der Waals surface area contributed by atoms with E-state index in [9.17, 15) is 0 Å². The van der Waals surface area contributed by atoms with Crippen molar-refractivity contribution in [2.75, 3.05) is 23.3 Å². The first-order valence-electron chi connectivity index (χ1n) is 7.38. The van der Waals surface area contributed by atoms with Crippen LogP contribution >= 0.6 is 0 Å². The third-order valence-corrected chi connectivity index (χ3v) is 3.99. The average Bonchev–Trinajstić information content (AvgIpc) is 2.34. The zero-order chi connectivity index (χ0) is 14.0. The van der Waals surface area contributed by atoms with Crippen LogP contribution in [0.3, 0.4) is 0 Å². The van der Waals surface area contributed by atoms with Crippen molar-refractivity contribution in [2.45, 2.75) is 53.5 Å². The van der Waals surface area contributed by atoms with E-state index in [1.165, 1.54) is 18.4 Å². The first-order valence-corrected chi connectivity index (χ1v) is 7.38. The van der Waals surface area contributed by atoms with Crippen molar-refractivity contribution < 1.29 is 0 Å². The van der Waals surface area contributed by atoms with Crippen molar-refractivity contribution in [1.29, 1.82) is 0 Å². The predicted octanol–water partition coefficient (Wildman–Crippen LogP) is 3.15. The van der Waals surface area contributed by atoms with Crippen LogP contribution in [-0.2, 0) is 0 Å². The average molecular weight is 262 g/mol. The lowest BCUT2D eigenvalue weighted by atomic mass is 9.93. The van der Waals surface area contributed by atoms with E-state index in [-0.39, 0.29) is 0 Å². The summed E-state index contributed by atoms with van der Waals surface area (Å²) in [6, 6.07) is 0.561. The Hall–Kier alpha value is -1.32. The van der Waals surface area contributed by atoms with Crippen molar-refractivity contribution in [3.8, 4) is 0 Å². The quantitative estimate of drug-likeness (QED) is 0.908. The Morgan fingerprint density at radius 2 is 2.00 bits per heavy atom. The molecule has 106 valence electrons. The molecule has 0 spiro atoms. The molecule has 0 bridgehead atoms. The van der Waals surface area contributed by atoms with Crippen LogP contribution in [0, 0.1) is 19.8 Å². The van der Waals surface area contributed by atoms with Crippen molar-refractivity contribution in [1.82, 2.24) is 9.97 Å². The van der Waals surface area contributed by atoms with E-state index in [0.717, 1.165) is 36.5 Å². The Morgan fingerprint density at radius 1 is 1.26 bits per heavy atom. The summed E-state index contributed by atoms with van der Waals surface area (Å²) in [5.74, 6) is 3.77. The van der Waals surface area contributed by atoms with E-state index in [1.807, 2.05) is 6.92 Å². The second-order valence-corrected chi connectivity index (χ2v) is 5.77. The van der Waals surface area contributed by atoms with Gasteiger partial charge in [0.15, 0.2) is 0 Å². The molecule has 4 nitrogen and oxygen atoms in total. The van der Waals surface area contributed by atoms with E-state index in [0.29, 0.717) is 6.04 Å². The van der Waals surface area contributed by atoms with Gasteiger partial charge in [0.25, 0.3) is 0 Å². The molecule has 1 fully saturated rings. The lowest BCUT2D eigenvalue weighted by Gasteiger charge is -2.38. The maximum Gasteiger partial charge on any atom is 0.137 e. The fourth-order valence-electron chi connectivity index (χ4n) is 2.95. The topological polar surface area (TPSA) is 41.1 Å². The molecule has 2 heterocycles. The first-order chi connectivity index (χ1) is 9.02. The minimum atomic E-state index is 0.561. The van der Waals surface area contributed by atoms with E-state index >= 15 is 0 Å². The van der Waals surface area contributed by atoms with Crippen LogP contribution in [0.15, 0.2) is 0 Å². The minimum Gasteiger partial charge on any atom is -0.370 e. The van der Waals surface area contributed by atoms with Crippen LogP contribution in [-0.4, -0.2) is 29.1 Å². The van der Waals surface area contributed by atoms with Crippen LogP contribution in [0.5, 0.6) is 0 Å². The summed E-state index contributed by atoms with van der Waals surface area (Å²) >= 11 is 0. The number of nitrogens with zero attached hydrogens (tertiary/aromatic N) is 3. The molecule has 2 unspecified atom stereocenters. The molecule has 1 aromatic heterocycles. The van der Waals surface area contributed by atoms with Crippen molar-refractivity contribution in [3.63, 3.8) is 0 Å². The van der Waals surface area contributed by atoms with Gasteiger partial charge in [-0.2, -0.15) is 0 Å². The molecule has 2 atom stereocenters. The normalized spacial score (nSPS) is 23.5. The van der Waals surface area contributed by atoms with Gasteiger partial charge in [-0.25, -0.2) is 9.97 Å². The highest BCUT2D eigenvalue weighted by Gasteiger charge is 2.26. The van der Waals surface area contributed by atoms with Crippen LogP contribution in [0.2, 0.25) is 0 Å². The molecule has 19 heavy (non-hydrogen) atoms. The van der Waals surface area contributed by atoms with Crippen molar-refractivity contribution in [3.05, 3.63) is 11.4 Å². The van der Waals surface area contributed by atoms with Gasteiger partial charge in [-0.3, -0.25) is 0 Å². The molecule has 1 aliphatic heterocycles. The molecule has 1 N–H and O–H groups in total. The van der Waals surface area contributed by atoms with Gasteiger partial charge in [0.1, 0.15) is 17.5 Å². The summed E-state index contributed by atoms with van der Waals surface area (Å²) < 4.78 is 0. The lowest BCUT2D eigenvalue weighted by Crippen LogP contribution is -2.41. The fraction of sp³-hybridized carbons (Fsp3) is 0.733. The van der Waals surface area contributed by atoms with Crippen molar-refractivity contribution in [2.24, 2.45) is 5.92 Å². The molecular weight excluding hydrogens is 236 g/mol. The number of nitrogens with one attached hydrogen (secondary N) is 1. The Morgan fingerprint density at radius 3 is 2.63 bits per heavy atom. The molecule has 0 aliphatic carbocycles. The molecule has 0 saturated carbocycles. The second kappa shape index (κ2) is 5.76. The highest BCUT2D eigenvalue weighted by molar-refractivity contribution is 5.59. The van der Waals surface area contributed by atoms with Crippen LogP contribution in [0.25, 0.3) is 0 Å². The van der Waals surface area contributed by atoms with Crippen LogP contribution in [0.4, 0.5) is 11.6 Å². The summed E-state index contributed by atoms with van der Waals surface area (Å²) in [6.45, 7) is 12.8. The van der Waals surface area contributed by atoms with E-state index in [1.54, 1.807) is 0 Å². The van der Waals surface area contributed by atoms with Gasteiger partial charge >= 0.3 is 0 Å². The largest absolute Gasteiger partial charge is 0.370 e. The molecule has 1 saturated heterocycles. The highest BCUT2D eigenvalue weighted by atomic mass is 15.2. The summed E-state index contributed by atoms with van der Waals surface area (Å²) in [7, 11) is 0. The Balaban J connectivity index is 2.33. The van der Waals surface area contributed by atoms with Gasteiger partial charge in [0, 0.05) is 24.7 Å². The van der Waals surface area contributed by atoms with Gasteiger partial charge in [-0.15, -0.1) is 0 Å². The molecule has 2 rings (SSSR count). The summed E-state index contributed by atoms with van der Waals surface area (Å²) in [4.78, 5) is 11.6. The lowest BCUT2D eigenvalue weighted by molar-refractivity contribution is 0.375. The monoisotopic (exact) mass is 262 g/mol. The molecular formula is C15H26N4. The SMILES string of the molecule is CCNc1nc(C)nc(N2CCC(C)CC2C)c1C. The Bertz CT molecular complexity index is 444. The number of anilines is 2. The van der Waals surface area contributed by atoms with Gasteiger partial charge < -0.3 is 10.2 Å². The van der Waals surface area contributed by atoms with Gasteiger partial charge in [0.2, 0.25) is 0 Å². The zero-order valence-corrected chi connectivity index (χ0v) is 12.8. The fourth-order valence-corrected chi connectivity index (χ4v) is 2.95. The summed E-state index contributed by atoms with van der Waals surface area (Å²) in [5.41, 5.74) is 1.17. The van der Waals surface area contributed by atoms with Crippen LogP contribution in [0.1, 0.15) is 45.0 Å². The zero-order valence-electron chi connectivity index (χ0n) is 12.8. The summed E-state index contributed by atoms with van der Waals surface area (Å²) in [5, 5.41) is 3.34. The third kappa shape index (κ3) is 2.99. The van der Waals surface area contributed by atoms with E-state index < -0.39 is 0 Å². The number of aromatic nitrogens is 2. The maximum absolute atomic E-state index is 4.69. The maximum atomic E-state index is 4.69. The van der Waals surface area contributed by atoms with Gasteiger partial charge in [-0.05, 0) is 46.5 Å². The highest BCUT2D eigenvalue weighted by Crippen LogP contribution is 2.30. The second-order valence-electron chi connectivity index (χ2n) is 5.77. The molecule has 1 aromatic rings. The number of hydrogen-bond acceptors (Lipinski definition) is 4. The molecule has 4 heteroatoms. The molecule has 0 amide bonds. The van der Waals surface area contributed by atoms with Crippen LogP contribution < -0.4 is 10.2 Å². The minimum absolute atomic E-state index is 0.561. The number of rotatable bonds is 3. The number of aryl methyl sites for hydroxylation is 1. The first kappa shape index (κ1) is 14.1. The Kier molecular flexibility index (Phi) is 4.27. The number of piperidine rings is 1. The third-order valence-electron chi connectivity index (χ3n) is 3.99. The smallest absolute Gasteiger partial charge is 0.137 e. The predicted molar refractivity (Wildman–Crippen MR) is 80.9 cm³/mol. The van der Waals surface area contributed by atoms with E-state index in [4.69, 9.17) is 0 Å². The number of hydrogen-bond donors (Lipinski definition) is 1. The van der Waals surface area contributed by atoms with Gasteiger partial charge in [-0.1, -0.05) is 6.92 Å². The Labute approximate surface area is 116 Å². The standard InChI is InChI=1S/C15H26N4/c1-6-16-14-12(4)15(18-13(5)17-14)19-8-7-10(2)9-11(19)3/h10-11H,6-9H2,1-5H3,(H,16,17,18). The molecule has 0 aromatic carbocycles. The summed E-state index contributed by atoms with van der Waals surface area (Å²) in [6.07, 6.45) is 2.50. The van der Waals surface area contributed by atoms with Gasteiger partial charge in [0.05, 0.1) is 0 Å². The molecule has 1 aliphatic rings. The van der Waals surface area contributed by atoms with Crippen molar-refractivity contribution >= 4 is 11.6 Å².